The molecule has 0 spiro atoms. The van der Waals surface area contributed by atoms with E-state index < -0.39 is 10.0 Å². The van der Waals surface area contributed by atoms with Gasteiger partial charge in [0.05, 0.1) is 0 Å². The lowest BCUT2D eigenvalue weighted by atomic mass is 10.4. The summed E-state index contributed by atoms with van der Waals surface area (Å²) < 4.78 is 31.0. The van der Waals surface area contributed by atoms with E-state index in [4.69, 9.17) is 9.78 Å². The van der Waals surface area contributed by atoms with Crippen LogP contribution in [0, 0.1) is 18.3 Å². The molecule has 2 rings (SSSR count). The first-order valence-corrected chi connectivity index (χ1v) is 6.32. The smallest absolute Gasteiger partial charge is 0.266 e. The van der Waals surface area contributed by atoms with Crippen molar-refractivity contribution in [2.75, 3.05) is 4.72 Å². The van der Waals surface area contributed by atoms with Gasteiger partial charge in [0.15, 0.2) is 11.5 Å². The fourth-order valence-corrected chi connectivity index (χ4v) is 2.39. The molecule has 0 unspecified atom stereocenters. The molecular formula is C10H8N4O3S. The number of aryl methyl sites for hydroxylation is 1. The summed E-state index contributed by atoms with van der Waals surface area (Å²) >= 11 is 0. The SMILES string of the molecule is Cc1cc(NS(=O)(=O)c2cccnc2C#N)no1. The first kappa shape index (κ1) is 12.1. The molecule has 0 fully saturated rings. The summed E-state index contributed by atoms with van der Waals surface area (Å²) in [5.74, 6) is 0.527. The number of rotatable bonds is 3. The Labute approximate surface area is 103 Å². The van der Waals surface area contributed by atoms with Crippen LogP contribution < -0.4 is 4.72 Å². The lowest BCUT2D eigenvalue weighted by Crippen LogP contribution is -2.15. The van der Waals surface area contributed by atoms with E-state index in [1.807, 2.05) is 0 Å². The molecule has 92 valence electrons. The van der Waals surface area contributed by atoms with Crippen molar-refractivity contribution in [3.8, 4) is 6.07 Å². The number of nitrogens with one attached hydrogen (secondary N) is 1. The number of pyridine rings is 1. The van der Waals surface area contributed by atoms with Crippen LogP contribution >= 0.6 is 0 Å². The Morgan fingerprint density at radius 3 is 2.89 bits per heavy atom. The second-order valence-electron chi connectivity index (χ2n) is 3.39. The van der Waals surface area contributed by atoms with Crippen molar-refractivity contribution in [2.45, 2.75) is 11.8 Å². The van der Waals surface area contributed by atoms with Crippen LogP contribution in [0.15, 0.2) is 33.8 Å². The lowest BCUT2D eigenvalue weighted by Gasteiger charge is -2.05. The van der Waals surface area contributed by atoms with E-state index in [0.717, 1.165) is 0 Å². The molecule has 0 bridgehead atoms. The van der Waals surface area contributed by atoms with E-state index >= 15 is 0 Å². The topological polar surface area (TPSA) is 109 Å². The third-order valence-corrected chi connectivity index (χ3v) is 3.42. The highest BCUT2D eigenvalue weighted by Crippen LogP contribution is 2.17. The van der Waals surface area contributed by atoms with E-state index in [2.05, 4.69) is 14.9 Å². The predicted molar refractivity (Wildman–Crippen MR) is 61.0 cm³/mol. The molecule has 0 aliphatic rings. The summed E-state index contributed by atoms with van der Waals surface area (Å²) in [5.41, 5.74) is -0.176. The molecule has 2 aromatic rings. The van der Waals surface area contributed by atoms with Crippen molar-refractivity contribution in [1.29, 1.82) is 5.26 Å². The Morgan fingerprint density at radius 1 is 1.50 bits per heavy atom. The summed E-state index contributed by atoms with van der Waals surface area (Å²) in [6.45, 7) is 1.63. The quantitative estimate of drug-likeness (QED) is 0.887. The van der Waals surface area contributed by atoms with Gasteiger partial charge >= 0.3 is 0 Å². The molecule has 18 heavy (non-hydrogen) atoms. The van der Waals surface area contributed by atoms with Crippen molar-refractivity contribution in [3.05, 3.63) is 35.9 Å². The van der Waals surface area contributed by atoms with Gasteiger partial charge in [-0.3, -0.25) is 4.72 Å². The molecular weight excluding hydrogens is 256 g/mol. The van der Waals surface area contributed by atoms with Gasteiger partial charge in [-0.1, -0.05) is 5.16 Å². The van der Waals surface area contributed by atoms with Crippen LogP contribution in [-0.4, -0.2) is 18.6 Å². The highest BCUT2D eigenvalue weighted by molar-refractivity contribution is 7.92. The molecule has 0 saturated heterocycles. The maximum atomic E-state index is 12.0. The number of nitrogens with zero attached hydrogens (tertiary/aromatic N) is 3. The fraction of sp³-hybridized carbons (Fsp3) is 0.100. The number of anilines is 1. The van der Waals surface area contributed by atoms with Crippen LogP contribution in [0.2, 0.25) is 0 Å². The zero-order valence-electron chi connectivity index (χ0n) is 9.28. The standard InChI is InChI=1S/C10H8N4O3S/c1-7-5-10(13-17-7)14-18(15,16)9-3-2-4-12-8(9)6-11/h2-5H,1H3,(H,13,14). The largest absolute Gasteiger partial charge is 0.360 e. The summed E-state index contributed by atoms with van der Waals surface area (Å²) in [4.78, 5) is 3.49. The normalized spacial score (nSPS) is 10.9. The average Bonchev–Trinajstić information content (AvgIpc) is 2.74. The van der Waals surface area contributed by atoms with Crippen molar-refractivity contribution in [3.63, 3.8) is 0 Å². The van der Waals surface area contributed by atoms with Crippen LogP contribution in [0.4, 0.5) is 5.82 Å². The molecule has 7 nitrogen and oxygen atoms in total. The summed E-state index contributed by atoms with van der Waals surface area (Å²) in [7, 11) is -3.90. The number of hydrogen-bond acceptors (Lipinski definition) is 6. The van der Waals surface area contributed by atoms with Gasteiger partial charge < -0.3 is 4.52 Å². The first-order chi connectivity index (χ1) is 8.53. The van der Waals surface area contributed by atoms with Crippen LogP contribution in [-0.2, 0) is 10.0 Å². The molecule has 2 heterocycles. The molecule has 2 aromatic heterocycles. The van der Waals surface area contributed by atoms with Gasteiger partial charge in [0, 0.05) is 12.3 Å². The van der Waals surface area contributed by atoms with E-state index in [0.29, 0.717) is 5.76 Å². The maximum Gasteiger partial charge on any atom is 0.266 e. The summed E-state index contributed by atoms with van der Waals surface area (Å²) in [6, 6.07) is 5.88. The zero-order chi connectivity index (χ0) is 13.2. The van der Waals surface area contributed by atoms with Gasteiger partial charge in [-0.15, -0.1) is 0 Å². The minimum absolute atomic E-state index is 0.0558. The highest BCUT2D eigenvalue weighted by Gasteiger charge is 2.20. The minimum Gasteiger partial charge on any atom is -0.360 e. The van der Waals surface area contributed by atoms with Gasteiger partial charge in [0.2, 0.25) is 0 Å². The van der Waals surface area contributed by atoms with Crippen LogP contribution in [0.25, 0.3) is 0 Å². The van der Waals surface area contributed by atoms with Crippen LogP contribution in [0.5, 0.6) is 0 Å². The van der Waals surface area contributed by atoms with E-state index in [-0.39, 0.29) is 16.4 Å². The minimum atomic E-state index is -3.90. The van der Waals surface area contributed by atoms with Gasteiger partial charge in [0.25, 0.3) is 10.0 Å². The fourth-order valence-electron chi connectivity index (χ4n) is 1.30. The van der Waals surface area contributed by atoms with E-state index in [1.54, 1.807) is 13.0 Å². The maximum absolute atomic E-state index is 12.0. The Kier molecular flexibility index (Phi) is 2.99. The van der Waals surface area contributed by atoms with E-state index in [9.17, 15) is 8.42 Å². The van der Waals surface area contributed by atoms with Crippen molar-refractivity contribution < 1.29 is 12.9 Å². The predicted octanol–water partition coefficient (Wildman–Crippen LogP) is 1.05. The highest BCUT2D eigenvalue weighted by atomic mass is 32.2. The first-order valence-electron chi connectivity index (χ1n) is 4.84. The molecule has 0 aliphatic carbocycles. The second kappa shape index (κ2) is 4.46. The Morgan fingerprint density at radius 2 is 2.28 bits per heavy atom. The molecule has 1 N–H and O–H groups in total. The van der Waals surface area contributed by atoms with E-state index in [1.165, 1.54) is 24.4 Å². The van der Waals surface area contributed by atoms with Crippen molar-refractivity contribution in [2.24, 2.45) is 0 Å². The lowest BCUT2D eigenvalue weighted by molar-refractivity contribution is 0.400. The van der Waals surface area contributed by atoms with Gasteiger partial charge in [-0.25, -0.2) is 13.4 Å². The van der Waals surface area contributed by atoms with Crippen molar-refractivity contribution in [1.82, 2.24) is 10.1 Å². The van der Waals surface area contributed by atoms with Crippen LogP contribution in [0.1, 0.15) is 11.5 Å². The summed E-state index contributed by atoms with van der Waals surface area (Å²) in [5, 5.41) is 12.3. The molecule has 0 atom stereocenters. The van der Waals surface area contributed by atoms with Gasteiger partial charge in [0.1, 0.15) is 16.7 Å². The average molecular weight is 264 g/mol. The second-order valence-corrected chi connectivity index (χ2v) is 5.04. The van der Waals surface area contributed by atoms with Gasteiger partial charge in [-0.2, -0.15) is 5.26 Å². The molecule has 0 saturated carbocycles. The monoisotopic (exact) mass is 264 g/mol. The van der Waals surface area contributed by atoms with Crippen molar-refractivity contribution >= 4 is 15.8 Å². The number of sulfonamides is 1. The molecule has 0 radical (unpaired) electrons. The molecule has 8 heteroatoms. The third-order valence-electron chi connectivity index (χ3n) is 2.03. The Bertz CT molecular complexity index is 715. The third kappa shape index (κ3) is 2.31. The molecule has 0 amide bonds. The zero-order valence-corrected chi connectivity index (χ0v) is 10.1. The Balaban J connectivity index is 2.40. The summed E-state index contributed by atoms with van der Waals surface area (Å²) in [6.07, 6.45) is 1.35. The Hall–Kier alpha value is -2.40. The molecule has 0 aliphatic heterocycles. The number of aromatic nitrogens is 2. The van der Waals surface area contributed by atoms with Gasteiger partial charge in [-0.05, 0) is 19.1 Å². The molecule has 0 aromatic carbocycles. The number of hydrogen-bond donors (Lipinski definition) is 1. The number of nitriles is 1. The van der Waals surface area contributed by atoms with Crippen LogP contribution in [0.3, 0.4) is 0 Å².